The molecular formula is C16H22O3S. The van der Waals surface area contributed by atoms with Gasteiger partial charge in [0.25, 0.3) is 0 Å². The Hall–Kier alpha value is -0.870. The number of fused-ring (bicyclic) bond motifs is 2. The van der Waals surface area contributed by atoms with Gasteiger partial charge in [0.05, 0.1) is 11.7 Å². The third-order valence-corrected chi connectivity index (χ3v) is 6.48. The molecule has 0 saturated carbocycles. The summed E-state index contributed by atoms with van der Waals surface area (Å²) in [7, 11) is -0.736. The van der Waals surface area contributed by atoms with Crippen molar-refractivity contribution in [2.45, 2.75) is 61.7 Å². The summed E-state index contributed by atoms with van der Waals surface area (Å²) < 4.78 is 17.7. The molecule has 2 saturated heterocycles. The minimum absolute atomic E-state index is 0.150. The molecule has 2 heterocycles. The minimum atomic E-state index is -0.809. The topological polar surface area (TPSA) is 46.5 Å². The lowest BCUT2D eigenvalue weighted by Crippen LogP contribution is -2.40. The predicted octanol–water partition coefficient (Wildman–Crippen LogP) is 2.73. The van der Waals surface area contributed by atoms with Crippen LogP contribution < -0.4 is 4.74 Å². The molecule has 0 aliphatic carbocycles. The van der Waals surface area contributed by atoms with E-state index in [2.05, 4.69) is 0 Å². The van der Waals surface area contributed by atoms with E-state index in [9.17, 15) is 9.32 Å². The molecule has 0 radical (unpaired) electrons. The third kappa shape index (κ3) is 2.51. The molecule has 0 spiro atoms. The van der Waals surface area contributed by atoms with Crippen LogP contribution in [-0.4, -0.2) is 25.9 Å². The molecule has 2 fully saturated rings. The summed E-state index contributed by atoms with van der Waals surface area (Å²) in [6.07, 6.45) is 3.39. The van der Waals surface area contributed by atoms with E-state index in [-0.39, 0.29) is 16.6 Å². The van der Waals surface area contributed by atoms with E-state index < -0.39 is 16.4 Å². The number of aliphatic hydroxyl groups is 1. The van der Waals surface area contributed by atoms with Gasteiger partial charge in [0.1, 0.15) is 5.75 Å². The molecule has 0 amide bonds. The van der Waals surface area contributed by atoms with Gasteiger partial charge < -0.3 is 9.84 Å². The maximum atomic E-state index is 12.1. The molecule has 4 heteroatoms. The fraction of sp³-hybridized carbons (Fsp3) is 0.625. The number of ether oxygens (including phenoxy) is 1. The maximum absolute atomic E-state index is 12.1. The lowest BCUT2D eigenvalue weighted by atomic mass is 9.86. The van der Waals surface area contributed by atoms with Crippen LogP contribution in [-0.2, 0) is 16.4 Å². The van der Waals surface area contributed by atoms with Crippen LogP contribution in [0.3, 0.4) is 0 Å². The van der Waals surface area contributed by atoms with E-state index in [4.69, 9.17) is 4.74 Å². The van der Waals surface area contributed by atoms with Crippen molar-refractivity contribution < 1.29 is 14.1 Å². The van der Waals surface area contributed by atoms with Gasteiger partial charge in [-0.2, -0.15) is 0 Å². The second kappa shape index (κ2) is 5.15. The predicted molar refractivity (Wildman–Crippen MR) is 80.3 cm³/mol. The fourth-order valence-electron chi connectivity index (χ4n) is 3.43. The summed E-state index contributed by atoms with van der Waals surface area (Å²) in [6, 6.07) is 7.73. The Morgan fingerprint density at radius 1 is 1.20 bits per heavy atom. The second-order valence-electron chi connectivity index (χ2n) is 6.28. The zero-order valence-electron chi connectivity index (χ0n) is 12.0. The SMILES string of the molecule is CC(C)Oc1ccc(C2(O)CC3CCC(C2)S3=O)cc1. The Morgan fingerprint density at radius 2 is 1.75 bits per heavy atom. The highest BCUT2D eigenvalue weighted by Crippen LogP contribution is 2.45. The summed E-state index contributed by atoms with van der Waals surface area (Å²) in [6.45, 7) is 3.99. The van der Waals surface area contributed by atoms with E-state index in [1.807, 2.05) is 38.1 Å². The highest BCUT2D eigenvalue weighted by atomic mass is 32.2. The number of hydrogen-bond donors (Lipinski definition) is 1. The summed E-state index contributed by atoms with van der Waals surface area (Å²) >= 11 is 0. The monoisotopic (exact) mass is 294 g/mol. The molecule has 2 unspecified atom stereocenters. The Labute approximate surface area is 122 Å². The Kier molecular flexibility index (Phi) is 3.63. The van der Waals surface area contributed by atoms with Crippen LogP contribution in [0.4, 0.5) is 0 Å². The van der Waals surface area contributed by atoms with Crippen LogP contribution in [0.15, 0.2) is 24.3 Å². The largest absolute Gasteiger partial charge is 0.491 e. The smallest absolute Gasteiger partial charge is 0.119 e. The average molecular weight is 294 g/mol. The normalized spacial score (nSPS) is 36.3. The van der Waals surface area contributed by atoms with Crippen LogP contribution in [0.5, 0.6) is 5.75 Å². The highest BCUT2D eigenvalue weighted by molar-refractivity contribution is 7.86. The van der Waals surface area contributed by atoms with Crippen molar-refractivity contribution in [3.8, 4) is 5.75 Å². The number of rotatable bonds is 3. The van der Waals surface area contributed by atoms with Crippen molar-refractivity contribution in [2.24, 2.45) is 0 Å². The summed E-state index contributed by atoms with van der Waals surface area (Å²) in [5.41, 5.74) is 0.123. The van der Waals surface area contributed by atoms with E-state index >= 15 is 0 Å². The van der Waals surface area contributed by atoms with Crippen LogP contribution in [0.1, 0.15) is 45.1 Å². The van der Waals surface area contributed by atoms with Crippen LogP contribution in [0.25, 0.3) is 0 Å². The van der Waals surface area contributed by atoms with Crippen LogP contribution >= 0.6 is 0 Å². The van der Waals surface area contributed by atoms with Crippen molar-refractivity contribution in [3.05, 3.63) is 29.8 Å². The van der Waals surface area contributed by atoms with E-state index in [1.54, 1.807) is 0 Å². The van der Waals surface area contributed by atoms with Crippen LogP contribution in [0.2, 0.25) is 0 Å². The molecule has 2 atom stereocenters. The Morgan fingerprint density at radius 3 is 2.25 bits per heavy atom. The first-order valence-corrected chi connectivity index (χ1v) is 8.64. The molecule has 3 nitrogen and oxygen atoms in total. The first kappa shape index (κ1) is 14.1. The molecule has 20 heavy (non-hydrogen) atoms. The Bertz CT molecular complexity index is 493. The van der Waals surface area contributed by atoms with Gasteiger partial charge in [-0.3, -0.25) is 4.21 Å². The lowest BCUT2D eigenvalue weighted by molar-refractivity contribution is 0.0184. The van der Waals surface area contributed by atoms with Gasteiger partial charge in [0.2, 0.25) is 0 Å². The second-order valence-corrected chi connectivity index (χ2v) is 8.27. The molecule has 1 aromatic carbocycles. The zero-order chi connectivity index (χ0) is 14.3. The lowest BCUT2D eigenvalue weighted by Gasteiger charge is -2.36. The fourth-order valence-corrected chi connectivity index (χ4v) is 5.59. The van der Waals surface area contributed by atoms with Gasteiger partial charge in [0.15, 0.2) is 0 Å². The summed E-state index contributed by atoms with van der Waals surface area (Å²) in [4.78, 5) is 0. The average Bonchev–Trinajstić information content (AvgIpc) is 2.62. The minimum Gasteiger partial charge on any atom is -0.491 e. The van der Waals surface area contributed by atoms with Crippen molar-refractivity contribution in [1.82, 2.24) is 0 Å². The maximum Gasteiger partial charge on any atom is 0.119 e. The Balaban J connectivity index is 1.80. The molecule has 2 bridgehead atoms. The molecule has 1 aromatic rings. The van der Waals surface area contributed by atoms with Gasteiger partial charge in [-0.1, -0.05) is 12.1 Å². The van der Waals surface area contributed by atoms with Gasteiger partial charge in [-0.05, 0) is 57.2 Å². The molecule has 0 aromatic heterocycles. The molecule has 1 N–H and O–H groups in total. The molecular weight excluding hydrogens is 272 g/mol. The van der Waals surface area contributed by atoms with Crippen molar-refractivity contribution in [2.75, 3.05) is 0 Å². The van der Waals surface area contributed by atoms with Crippen LogP contribution in [0, 0.1) is 0 Å². The first-order valence-electron chi connectivity index (χ1n) is 7.37. The van der Waals surface area contributed by atoms with Crippen molar-refractivity contribution >= 4 is 10.8 Å². The first-order chi connectivity index (χ1) is 9.48. The van der Waals surface area contributed by atoms with E-state index in [1.165, 1.54) is 0 Å². The quantitative estimate of drug-likeness (QED) is 0.932. The number of benzene rings is 1. The van der Waals surface area contributed by atoms with Crippen molar-refractivity contribution in [3.63, 3.8) is 0 Å². The van der Waals surface area contributed by atoms with Crippen molar-refractivity contribution in [1.29, 1.82) is 0 Å². The van der Waals surface area contributed by atoms with E-state index in [0.29, 0.717) is 12.8 Å². The molecule has 2 aliphatic heterocycles. The van der Waals surface area contributed by atoms with Gasteiger partial charge in [-0.15, -0.1) is 0 Å². The van der Waals surface area contributed by atoms with Gasteiger partial charge in [0, 0.05) is 21.3 Å². The molecule has 2 aliphatic rings. The summed E-state index contributed by atoms with van der Waals surface area (Å²) in [5, 5.41) is 11.3. The van der Waals surface area contributed by atoms with Gasteiger partial charge in [-0.25, -0.2) is 0 Å². The molecule has 110 valence electrons. The molecule has 3 rings (SSSR count). The number of hydrogen-bond acceptors (Lipinski definition) is 3. The van der Waals surface area contributed by atoms with E-state index in [0.717, 1.165) is 24.2 Å². The zero-order valence-corrected chi connectivity index (χ0v) is 12.9. The standard InChI is InChI=1S/C16H22O3S/c1-11(2)19-13-5-3-12(4-6-13)16(17)9-14-7-8-15(10-16)20(14)18/h3-6,11,14-15,17H,7-10H2,1-2H3. The third-order valence-electron chi connectivity index (χ3n) is 4.36. The van der Waals surface area contributed by atoms with Gasteiger partial charge >= 0.3 is 0 Å². The highest BCUT2D eigenvalue weighted by Gasteiger charge is 2.48. The summed E-state index contributed by atoms with van der Waals surface area (Å²) in [5.74, 6) is 0.828.